The molecule has 0 amide bonds. The first kappa shape index (κ1) is 12.0. The Morgan fingerprint density at radius 2 is 2.27 bits per heavy atom. The summed E-state index contributed by atoms with van der Waals surface area (Å²) in [6, 6.07) is 0. The van der Waals surface area contributed by atoms with Crippen molar-refractivity contribution < 1.29 is 13.7 Å². The molecule has 82 valence electrons. The first-order valence-electron chi connectivity index (χ1n) is 3.96. The number of rotatable bonds is 3. The van der Waals surface area contributed by atoms with E-state index in [-0.39, 0.29) is 22.1 Å². The van der Waals surface area contributed by atoms with Gasteiger partial charge in [-0.1, -0.05) is 15.9 Å². The van der Waals surface area contributed by atoms with Gasteiger partial charge in [-0.05, 0) is 6.92 Å². The SMILES string of the molecule is Cc1cnc(C(F)F)c(CBr)c1[N+](=O)[O-]. The molecular weight excluding hydrogens is 274 g/mol. The number of alkyl halides is 3. The summed E-state index contributed by atoms with van der Waals surface area (Å²) < 4.78 is 25.0. The number of nitro groups is 1. The third kappa shape index (κ3) is 2.28. The summed E-state index contributed by atoms with van der Waals surface area (Å²) in [6.45, 7) is 1.46. The van der Waals surface area contributed by atoms with Crippen LogP contribution in [0.1, 0.15) is 23.2 Å². The van der Waals surface area contributed by atoms with Gasteiger partial charge in [0, 0.05) is 17.1 Å². The third-order valence-corrected chi connectivity index (χ3v) is 2.45. The molecule has 0 bridgehead atoms. The van der Waals surface area contributed by atoms with Crippen LogP contribution in [-0.4, -0.2) is 9.91 Å². The van der Waals surface area contributed by atoms with Gasteiger partial charge in [0.1, 0.15) is 5.69 Å². The van der Waals surface area contributed by atoms with Crippen molar-refractivity contribution in [3.8, 4) is 0 Å². The van der Waals surface area contributed by atoms with E-state index in [0.717, 1.165) is 6.20 Å². The van der Waals surface area contributed by atoms with E-state index in [2.05, 4.69) is 20.9 Å². The number of nitrogens with zero attached hydrogens (tertiary/aromatic N) is 2. The van der Waals surface area contributed by atoms with Crippen molar-refractivity contribution in [3.63, 3.8) is 0 Å². The Morgan fingerprint density at radius 3 is 2.67 bits per heavy atom. The number of hydrogen-bond donors (Lipinski definition) is 0. The Bertz CT molecular complexity index is 398. The Morgan fingerprint density at radius 1 is 1.67 bits per heavy atom. The zero-order valence-electron chi connectivity index (χ0n) is 7.71. The van der Waals surface area contributed by atoms with Gasteiger partial charge in [-0.3, -0.25) is 15.1 Å². The lowest BCUT2D eigenvalue weighted by Gasteiger charge is -2.07. The molecule has 0 N–H and O–H groups in total. The molecule has 1 aromatic heterocycles. The Kier molecular flexibility index (Phi) is 3.67. The minimum absolute atomic E-state index is 0.0162. The van der Waals surface area contributed by atoms with Gasteiger partial charge in [-0.2, -0.15) is 0 Å². The number of aryl methyl sites for hydroxylation is 1. The van der Waals surface area contributed by atoms with Crippen molar-refractivity contribution in [2.75, 3.05) is 0 Å². The number of hydrogen-bond acceptors (Lipinski definition) is 3. The topological polar surface area (TPSA) is 56.0 Å². The van der Waals surface area contributed by atoms with Crippen molar-refractivity contribution in [2.45, 2.75) is 18.7 Å². The summed E-state index contributed by atoms with van der Waals surface area (Å²) in [5.41, 5.74) is -0.616. The zero-order chi connectivity index (χ0) is 11.6. The molecular formula is C8H7BrF2N2O2. The molecule has 0 saturated carbocycles. The van der Waals surface area contributed by atoms with Crippen molar-refractivity contribution in [3.05, 3.63) is 33.1 Å². The van der Waals surface area contributed by atoms with Crippen molar-refractivity contribution in [2.24, 2.45) is 0 Å². The van der Waals surface area contributed by atoms with Crippen LogP contribution < -0.4 is 0 Å². The van der Waals surface area contributed by atoms with Gasteiger partial charge in [-0.15, -0.1) is 0 Å². The maximum atomic E-state index is 12.5. The van der Waals surface area contributed by atoms with Gasteiger partial charge < -0.3 is 0 Å². The molecule has 1 aromatic rings. The van der Waals surface area contributed by atoms with Crippen LogP contribution in [0.5, 0.6) is 0 Å². The third-order valence-electron chi connectivity index (χ3n) is 1.89. The molecule has 0 atom stereocenters. The second kappa shape index (κ2) is 4.61. The lowest BCUT2D eigenvalue weighted by atomic mass is 10.1. The summed E-state index contributed by atoms with van der Waals surface area (Å²) in [4.78, 5) is 13.5. The normalized spacial score (nSPS) is 10.7. The average Bonchev–Trinajstić information content (AvgIpc) is 2.15. The predicted molar refractivity (Wildman–Crippen MR) is 53.2 cm³/mol. The van der Waals surface area contributed by atoms with Crippen LogP contribution in [-0.2, 0) is 5.33 Å². The van der Waals surface area contributed by atoms with Crippen molar-refractivity contribution in [1.29, 1.82) is 0 Å². The molecule has 7 heteroatoms. The molecule has 0 unspecified atom stereocenters. The molecule has 0 fully saturated rings. The molecule has 0 aliphatic carbocycles. The summed E-state index contributed by atoms with van der Waals surface area (Å²) >= 11 is 2.95. The highest BCUT2D eigenvalue weighted by Gasteiger charge is 2.25. The highest BCUT2D eigenvalue weighted by atomic mass is 79.9. The van der Waals surface area contributed by atoms with Gasteiger partial charge in [0.2, 0.25) is 0 Å². The van der Waals surface area contributed by atoms with Gasteiger partial charge in [0.05, 0.1) is 10.5 Å². The number of halogens is 3. The van der Waals surface area contributed by atoms with E-state index in [0.29, 0.717) is 0 Å². The molecule has 15 heavy (non-hydrogen) atoms. The Balaban J connectivity index is 3.47. The number of pyridine rings is 1. The molecule has 1 heterocycles. The number of aromatic nitrogens is 1. The quantitative estimate of drug-likeness (QED) is 0.486. The monoisotopic (exact) mass is 280 g/mol. The summed E-state index contributed by atoms with van der Waals surface area (Å²) in [5.74, 6) is 0. The van der Waals surface area contributed by atoms with Gasteiger partial charge >= 0.3 is 0 Å². The fraction of sp³-hybridized carbons (Fsp3) is 0.375. The van der Waals surface area contributed by atoms with E-state index >= 15 is 0 Å². The van der Waals surface area contributed by atoms with Gasteiger partial charge in [0.25, 0.3) is 12.1 Å². The van der Waals surface area contributed by atoms with Crippen LogP contribution in [0.2, 0.25) is 0 Å². The molecule has 0 spiro atoms. The van der Waals surface area contributed by atoms with Crippen LogP contribution in [0.25, 0.3) is 0 Å². The molecule has 4 nitrogen and oxygen atoms in total. The van der Waals surface area contributed by atoms with Gasteiger partial charge in [-0.25, -0.2) is 8.78 Å². The standard InChI is InChI=1S/C8H7BrF2N2O2/c1-4-3-12-6(8(10)11)5(2-9)7(4)13(14)15/h3,8H,2H2,1H3. The minimum atomic E-state index is -2.81. The van der Waals surface area contributed by atoms with E-state index < -0.39 is 17.0 Å². The smallest absolute Gasteiger partial charge is 0.258 e. The highest BCUT2D eigenvalue weighted by molar-refractivity contribution is 9.08. The molecule has 0 aliphatic rings. The minimum Gasteiger partial charge on any atom is -0.258 e. The fourth-order valence-electron chi connectivity index (χ4n) is 1.24. The molecule has 0 aromatic carbocycles. The molecule has 1 rings (SSSR count). The maximum Gasteiger partial charge on any atom is 0.280 e. The van der Waals surface area contributed by atoms with E-state index in [9.17, 15) is 18.9 Å². The van der Waals surface area contributed by atoms with E-state index in [1.54, 1.807) is 0 Å². The second-order valence-corrected chi connectivity index (χ2v) is 3.41. The molecule has 0 saturated heterocycles. The second-order valence-electron chi connectivity index (χ2n) is 2.85. The van der Waals surface area contributed by atoms with E-state index in [1.807, 2.05) is 0 Å². The van der Waals surface area contributed by atoms with Crippen LogP contribution in [0.4, 0.5) is 14.5 Å². The lowest BCUT2D eigenvalue weighted by molar-refractivity contribution is -0.386. The highest BCUT2D eigenvalue weighted by Crippen LogP contribution is 2.31. The summed E-state index contributed by atoms with van der Waals surface area (Å²) in [6.07, 6.45) is -1.72. The predicted octanol–water partition coefficient (Wildman–Crippen LogP) is 3.13. The van der Waals surface area contributed by atoms with E-state index in [1.165, 1.54) is 6.92 Å². The van der Waals surface area contributed by atoms with Crippen molar-refractivity contribution >= 4 is 21.6 Å². The largest absolute Gasteiger partial charge is 0.280 e. The van der Waals surface area contributed by atoms with Crippen LogP contribution in [0.15, 0.2) is 6.20 Å². The molecule has 0 radical (unpaired) electrons. The zero-order valence-corrected chi connectivity index (χ0v) is 9.29. The first-order chi connectivity index (χ1) is 6.99. The van der Waals surface area contributed by atoms with Crippen LogP contribution in [0.3, 0.4) is 0 Å². The Labute approximate surface area is 92.6 Å². The molecule has 0 aliphatic heterocycles. The summed E-state index contributed by atoms with van der Waals surface area (Å²) in [7, 11) is 0. The van der Waals surface area contributed by atoms with Gasteiger partial charge in [0.15, 0.2) is 0 Å². The lowest BCUT2D eigenvalue weighted by Crippen LogP contribution is -2.04. The maximum absolute atomic E-state index is 12.5. The summed E-state index contributed by atoms with van der Waals surface area (Å²) in [5, 5.41) is 10.7. The van der Waals surface area contributed by atoms with Crippen LogP contribution >= 0.6 is 15.9 Å². The average molecular weight is 281 g/mol. The van der Waals surface area contributed by atoms with Crippen molar-refractivity contribution in [1.82, 2.24) is 4.98 Å². The fourth-order valence-corrected chi connectivity index (χ4v) is 1.79. The van der Waals surface area contributed by atoms with Crippen LogP contribution in [0, 0.1) is 17.0 Å². The Hall–Kier alpha value is -1.11. The van der Waals surface area contributed by atoms with E-state index in [4.69, 9.17) is 0 Å². The first-order valence-corrected chi connectivity index (χ1v) is 5.08.